The van der Waals surface area contributed by atoms with Crippen LogP contribution in [0, 0.1) is 13.8 Å². The van der Waals surface area contributed by atoms with Gasteiger partial charge in [-0.1, -0.05) is 13.3 Å². The molecule has 2 amide bonds. The van der Waals surface area contributed by atoms with Crippen molar-refractivity contribution in [3.8, 4) is 0 Å². The second-order valence-electron chi connectivity index (χ2n) is 4.89. The maximum absolute atomic E-state index is 11.8. The second-order valence-corrected chi connectivity index (χ2v) is 4.89. The molecule has 0 saturated carbocycles. The second kappa shape index (κ2) is 6.98. The Kier molecular flexibility index (Phi) is 5.61. The Hall–Kier alpha value is -1.98. The molecule has 1 heterocycles. The average Bonchev–Trinajstić information content (AvgIpc) is 2.67. The van der Waals surface area contributed by atoms with E-state index in [4.69, 9.17) is 9.52 Å². The summed E-state index contributed by atoms with van der Waals surface area (Å²) in [6.07, 6.45) is 1.09. The van der Waals surface area contributed by atoms with Crippen LogP contribution in [0.1, 0.15) is 49.8 Å². The highest BCUT2D eigenvalue weighted by Gasteiger charge is 2.21. The van der Waals surface area contributed by atoms with E-state index in [-0.39, 0.29) is 6.04 Å². The van der Waals surface area contributed by atoms with Crippen LogP contribution in [0.3, 0.4) is 0 Å². The topological polar surface area (TPSA) is 91.6 Å². The molecule has 0 fully saturated rings. The van der Waals surface area contributed by atoms with Gasteiger partial charge in [-0.2, -0.15) is 0 Å². The molecule has 0 radical (unpaired) electrons. The number of rotatable bonds is 6. The average molecular weight is 282 g/mol. The van der Waals surface area contributed by atoms with E-state index in [1.165, 1.54) is 0 Å². The van der Waals surface area contributed by atoms with Gasteiger partial charge in [0.25, 0.3) is 0 Å². The normalized spacial score (nSPS) is 13.6. The molecule has 20 heavy (non-hydrogen) atoms. The van der Waals surface area contributed by atoms with E-state index in [9.17, 15) is 9.59 Å². The highest BCUT2D eigenvalue weighted by molar-refractivity contribution is 5.82. The number of aliphatic carboxylic acids is 1. The Morgan fingerprint density at radius 2 is 2.00 bits per heavy atom. The smallest absolute Gasteiger partial charge is 0.326 e. The Morgan fingerprint density at radius 1 is 1.35 bits per heavy atom. The van der Waals surface area contributed by atoms with Crippen LogP contribution >= 0.6 is 0 Å². The van der Waals surface area contributed by atoms with Crippen LogP contribution in [0.2, 0.25) is 0 Å². The largest absolute Gasteiger partial charge is 0.480 e. The first-order valence-corrected chi connectivity index (χ1v) is 6.71. The quantitative estimate of drug-likeness (QED) is 0.747. The highest BCUT2D eigenvalue weighted by atomic mass is 16.4. The van der Waals surface area contributed by atoms with E-state index in [1.54, 1.807) is 0 Å². The molecule has 0 aliphatic carbocycles. The van der Waals surface area contributed by atoms with Gasteiger partial charge in [0, 0.05) is 5.56 Å². The van der Waals surface area contributed by atoms with Gasteiger partial charge >= 0.3 is 12.0 Å². The van der Waals surface area contributed by atoms with Crippen molar-refractivity contribution >= 4 is 12.0 Å². The molecule has 0 saturated heterocycles. The van der Waals surface area contributed by atoms with E-state index in [0.29, 0.717) is 12.8 Å². The zero-order chi connectivity index (χ0) is 15.3. The van der Waals surface area contributed by atoms with E-state index in [2.05, 4.69) is 10.6 Å². The molecule has 3 N–H and O–H groups in total. The van der Waals surface area contributed by atoms with Crippen molar-refractivity contribution in [3.05, 3.63) is 23.2 Å². The van der Waals surface area contributed by atoms with Gasteiger partial charge in [0.05, 0.1) is 6.04 Å². The molecule has 6 heteroatoms. The van der Waals surface area contributed by atoms with Crippen molar-refractivity contribution in [2.75, 3.05) is 0 Å². The third-order valence-electron chi connectivity index (χ3n) is 3.07. The maximum atomic E-state index is 11.8. The van der Waals surface area contributed by atoms with Gasteiger partial charge in [0.2, 0.25) is 0 Å². The number of carboxylic acid groups (broad SMARTS) is 1. The van der Waals surface area contributed by atoms with Crippen LogP contribution in [0.25, 0.3) is 0 Å². The van der Waals surface area contributed by atoms with Crippen molar-refractivity contribution in [2.45, 2.75) is 52.6 Å². The number of urea groups is 1. The lowest BCUT2D eigenvalue weighted by molar-refractivity contribution is -0.139. The number of nitrogens with one attached hydrogen (secondary N) is 2. The molecule has 0 aliphatic rings. The van der Waals surface area contributed by atoms with E-state index in [0.717, 1.165) is 17.1 Å². The fraction of sp³-hybridized carbons (Fsp3) is 0.571. The molecule has 1 aromatic heterocycles. The van der Waals surface area contributed by atoms with Gasteiger partial charge in [-0.25, -0.2) is 9.59 Å². The van der Waals surface area contributed by atoms with Gasteiger partial charge in [0.1, 0.15) is 17.6 Å². The number of carbonyl (C=O) groups is 2. The summed E-state index contributed by atoms with van der Waals surface area (Å²) in [6, 6.07) is 0.264. The SMILES string of the molecule is CCC[C@H](NC(=O)NC(C)c1cc(C)oc1C)C(=O)O. The first-order valence-electron chi connectivity index (χ1n) is 6.71. The number of carboxylic acids is 1. The third-order valence-corrected chi connectivity index (χ3v) is 3.07. The summed E-state index contributed by atoms with van der Waals surface area (Å²) in [6.45, 7) is 7.36. The van der Waals surface area contributed by atoms with Crippen LogP contribution in [0.4, 0.5) is 4.79 Å². The Morgan fingerprint density at radius 3 is 2.45 bits per heavy atom. The molecule has 0 aromatic carbocycles. The fourth-order valence-corrected chi connectivity index (χ4v) is 2.10. The number of furan rings is 1. The molecule has 0 aliphatic heterocycles. The Labute approximate surface area is 118 Å². The van der Waals surface area contributed by atoms with Crippen molar-refractivity contribution in [2.24, 2.45) is 0 Å². The van der Waals surface area contributed by atoms with Crippen molar-refractivity contribution < 1.29 is 19.1 Å². The van der Waals surface area contributed by atoms with Gasteiger partial charge in [-0.15, -0.1) is 0 Å². The minimum absolute atomic E-state index is 0.247. The number of carbonyl (C=O) groups excluding carboxylic acids is 1. The number of amides is 2. The maximum Gasteiger partial charge on any atom is 0.326 e. The van der Waals surface area contributed by atoms with Crippen LogP contribution in [-0.4, -0.2) is 23.1 Å². The summed E-state index contributed by atoms with van der Waals surface area (Å²) < 4.78 is 5.41. The zero-order valence-electron chi connectivity index (χ0n) is 12.3. The zero-order valence-corrected chi connectivity index (χ0v) is 12.3. The Bertz CT molecular complexity index is 482. The third kappa shape index (κ3) is 4.29. The predicted octanol–water partition coefficient (Wildman–Crippen LogP) is 2.51. The summed E-state index contributed by atoms with van der Waals surface area (Å²) in [7, 11) is 0. The van der Waals surface area contributed by atoms with Crippen LogP contribution in [0.15, 0.2) is 10.5 Å². The summed E-state index contributed by atoms with van der Waals surface area (Å²) in [5.74, 6) is 0.504. The molecule has 1 rings (SSSR count). The van der Waals surface area contributed by atoms with Gasteiger partial charge in [-0.05, 0) is 33.3 Å². The number of hydrogen-bond donors (Lipinski definition) is 3. The molecule has 0 spiro atoms. The predicted molar refractivity (Wildman–Crippen MR) is 74.6 cm³/mol. The monoisotopic (exact) mass is 282 g/mol. The Balaban J connectivity index is 2.61. The van der Waals surface area contributed by atoms with Gasteiger partial charge < -0.3 is 20.2 Å². The molecular formula is C14H22N2O4. The molecule has 6 nitrogen and oxygen atoms in total. The van der Waals surface area contributed by atoms with Crippen LogP contribution in [0.5, 0.6) is 0 Å². The molecule has 2 atom stereocenters. The van der Waals surface area contributed by atoms with E-state index < -0.39 is 18.0 Å². The lowest BCUT2D eigenvalue weighted by Crippen LogP contribution is -2.46. The molecule has 112 valence electrons. The minimum atomic E-state index is -1.02. The van der Waals surface area contributed by atoms with E-state index >= 15 is 0 Å². The number of aryl methyl sites for hydroxylation is 2. The van der Waals surface area contributed by atoms with Gasteiger partial charge in [-0.3, -0.25) is 0 Å². The van der Waals surface area contributed by atoms with Gasteiger partial charge in [0.15, 0.2) is 0 Å². The summed E-state index contributed by atoms with van der Waals surface area (Å²) in [5.41, 5.74) is 0.889. The lowest BCUT2D eigenvalue weighted by atomic mass is 10.1. The molecular weight excluding hydrogens is 260 g/mol. The van der Waals surface area contributed by atoms with E-state index in [1.807, 2.05) is 33.8 Å². The summed E-state index contributed by atoms with van der Waals surface area (Å²) in [5, 5.41) is 14.2. The summed E-state index contributed by atoms with van der Waals surface area (Å²) >= 11 is 0. The highest BCUT2D eigenvalue weighted by Crippen LogP contribution is 2.20. The summed E-state index contributed by atoms with van der Waals surface area (Å²) in [4.78, 5) is 22.8. The first kappa shape index (κ1) is 16.1. The van der Waals surface area contributed by atoms with Crippen LogP contribution < -0.4 is 10.6 Å². The lowest BCUT2D eigenvalue weighted by Gasteiger charge is -2.17. The standard InChI is InChI=1S/C14H22N2O4/c1-5-6-12(13(17)18)16-14(19)15-9(3)11-7-8(2)20-10(11)4/h7,9,12H,5-6H2,1-4H3,(H,17,18)(H2,15,16,19)/t9?,12-/m0/s1. The first-order chi connectivity index (χ1) is 9.35. The number of hydrogen-bond acceptors (Lipinski definition) is 3. The fourth-order valence-electron chi connectivity index (χ4n) is 2.10. The van der Waals surface area contributed by atoms with Crippen LogP contribution in [-0.2, 0) is 4.79 Å². The molecule has 0 bridgehead atoms. The van der Waals surface area contributed by atoms with Crippen molar-refractivity contribution in [3.63, 3.8) is 0 Å². The molecule has 1 unspecified atom stereocenters. The van der Waals surface area contributed by atoms with Crippen molar-refractivity contribution in [1.82, 2.24) is 10.6 Å². The van der Waals surface area contributed by atoms with Crippen molar-refractivity contribution in [1.29, 1.82) is 0 Å². The molecule has 1 aromatic rings. The minimum Gasteiger partial charge on any atom is -0.480 e.